The summed E-state index contributed by atoms with van der Waals surface area (Å²) in [5, 5.41) is 3.57. The van der Waals surface area contributed by atoms with Crippen molar-refractivity contribution in [2.24, 2.45) is 5.92 Å². The van der Waals surface area contributed by atoms with Crippen LogP contribution in [0, 0.1) is 5.92 Å². The molecule has 0 saturated carbocycles. The minimum absolute atomic E-state index is 0.631. The quantitative estimate of drug-likeness (QED) is 0.770. The van der Waals surface area contributed by atoms with Crippen LogP contribution in [0.4, 0.5) is 0 Å². The van der Waals surface area contributed by atoms with E-state index < -0.39 is 0 Å². The topological polar surface area (TPSA) is 18.5 Å². The van der Waals surface area contributed by atoms with E-state index in [0.29, 0.717) is 6.04 Å². The lowest BCUT2D eigenvalue weighted by Gasteiger charge is -2.24. The standard InChI is InChI=1S/C13H27N3/c1-11(2)14-8-12-4-7-16(9-12)13-5-6-15(3)10-13/h11-14H,4-10H2,1-3H3. The van der Waals surface area contributed by atoms with Gasteiger partial charge >= 0.3 is 0 Å². The van der Waals surface area contributed by atoms with Crippen molar-refractivity contribution in [3.05, 3.63) is 0 Å². The van der Waals surface area contributed by atoms with Crippen LogP contribution >= 0.6 is 0 Å². The van der Waals surface area contributed by atoms with Crippen LogP contribution in [0.3, 0.4) is 0 Å². The summed E-state index contributed by atoms with van der Waals surface area (Å²) in [5.74, 6) is 0.883. The van der Waals surface area contributed by atoms with Gasteiger partial charge in [0, 0.05) is 25.2 Å². The Morgan fingerprint density at radius 2 is 2.00 bits per heavy atom. The van der Waals surface area contributed by atoms with Crippen molar-refractivity contribution in [2.75, 3.05) is 39.8 Å². The molecule has 16 heavy (non-hydrogen) atoms. The van der Waals surface area contributed by atoms with Crippen LogP contribution in [0.5, 0.6) is 0 Å². The van der Waals surface area contributed by atoms with Gasteiger partial charge in [0.15, 0.2) is 0 Å². The minimum Gasteiger partial charge on any atom is -0.314 e. The molecule has 94 valence electrons. The van der Waals surface area contributed by atoms with E-state index in [9.17, 15) is 0 Å². The van der Waals surface area contributed by atoms with E-state index in [1.54, 1.807) is 0 Å². The first-order chi connectivity index (χ1) is 7.65. The number of likely N-dealkylation sites (tertiary alicyclic amines) is 2. The summed E-state index contributed by atoms with van der Waals surface area (Å²) in [7, 11) is 2.24. The molecular weight excluding hydrogens is 198 g/mol. The second-order valence-electron chi connectivity index (χ2n) is 5.92. The molecule has 0 aliphatic carbocycles. The fourth-order valence-electron chi connectivity index (χ4n) is 2.97. The lowest BCUT2D eigenvalue weighted by atomic mass is 10.1. The van der Waals surface area contributed by atoms with Crippen LogP contribution in [0.25, 0.3) is 0 Å². The number of rotatable bonds is 4. The molecule has 2 unspecified atom stereocenters. The van der Waals surface area contributed by atoms with Crippen LogP contribution in [0.2, 0.25) is 0 Å². The van der Waals surface area contributed by atoms with Crippen molar-refractivity contribution >= 4 is 0 Å². The number of hydrogen-bond acceptors (Lipinski definition) is 3. The number of nitrogens with zero attached hydrogens (tertiary/aromatic N) is 2. The van der Waals surface area contributed by atoms with Crippen molar-refractivity contribution in [3.63, 3.8) is 0 Å². The summed E-state index contributed by atoms with van der Waals surface area (Å²) >= 11 is 0. The Balaban J connectivity index is 1.71. The van der Waals surface area contributed by atoms with Crippen LogP contribution in [-0.4, -0.2) is 61.7 Å². The predicted molar refractivity (Wildman–Crippen MR) is 68.7 cm³/mol. The highest BCUT2D eigenvalue weighted by Gasteiger charge is 2.31. The monoisotopic (exact) mass is 225 g/mol. The smallest absolute Gasteiger partial charge is 0.0235 e. The van der Waals surface area contributed by atoms with Gasteiger partial charge in [0.25, 0.3) is 0 Å². The number of nitrogens with one attached hydrogen (secondary N) is 1. The van der Waals surface area contributed by atoms with E-state index in [1.807, 2.05) is 0 Å². The summed E-state index contributed by atoms with van der Waals surface area (Å²) in [4.78, 5) is 5.18. The third-order valence-corrected chi connectivity index (χ3v) is 4.01. The first-order valence-electron chi connectivity index (χ1n) is 6.81. The van der Waals surface area contributed by atoms with Crippen LogP contribution < -0.4 is 5.32 Å². The molecule has 2 fully saturated rings. The molecule has 0 bridgehead atoms. The van der Waals surface area contributed by atoms with E-state index in [2.05, 4.69) is 36.0 Å². The summed E-state index contributed by atoms with van der Waals surface area (Å²) < 4.78 is 0. The second kappa shape index (κ2) is 5.48. The van der Waals surface area contributed by atoms with Gasteiger partial charge in [-0.25, -0.2) is 0 Å². The zero-order valence-corrected chi connectivity index (χ0v) is 11.1. The number of hydrogen-bond donors (Lipinski definition) is 1. The van der Waals surface area contributed by atoms with Gasteiger partial charge in [-0.3, -0.25) is 4.90 Å². The molecular formula is C13H27N3. The van der Waals surface area contributed by atoms with Gasteiger partial charge in [0.05, 0.1) is 0 Å². The van der Waals surface area contributed by atoms with Gasteiger partial charge in [-0.1, -0.05) is 13.8 Å². The van der Waals surface area contributed by atoms with Gasteiger partial charge < -0.3 is 10.2 Å². The highest BCUT2D eigenvalue weighted by Crippen LogP contribution is 2.22. The first-order valence-corrected chi connectivity index (χ1v) is 6.81. The highest BCUT2D eigenvalue weighted by molar-refractivity contribution is 4.87. The average molecular weight is 225 g/mol. The molecule has 3 nitrogen and oxygen atoms in total. The number of likely N-dealkylation sites (N-methyl/N-ethyl adjacent to an activating group) is 1. The van der Waals surface area contributed by atoms with Gasteiger partial charge in [0.1, 0.15) is 0 Å². The van der Waals surface area contributed by atoms with Crippen LogP contribution in [-0.2, 0) is 0 Å². The Bertz CT molecular complexity index is 217. The summed E-state index contributed by atoms with van der Waals surface area (Å²) in [6.45, 7) is 10.9. The Kier molecular flexibility index (Phi) is 4.22. The largest absolute Gasteiger partial charge is 0.314 e. The molecule has 2 heterocycles. The van der Waals surface area contributed by atoms with Crippen LogP contribution in [0.15, 0.2) is 0 Å². The Hall–Kier alpha value is -0.120. The molecule has 2 rings (SSSR count). The fraction of sp³-hybridized carbons (Fsp3) is 1.00. The Morgan fingerprint density at radius 3 is 2.62 bits per heavy atom. The van der Waals surface area contributed by atoms with Gasteiger partial charge in [-0.05, 0) is 45.4 Å². The van der Waals surface area contributed by atoms with Crippen molar-refractivity contribution in [3.8, 4) is 0 Å². The third kappa shape index (κ3) is 3.19. The molecule has 2 atom stereocenters. The van der Waals surface area contributed by atoms with Crippen molar-refractivity contribution in [2.45, 2.75) is 38.8 Å². The SMILES string of the molecule is CC(C)NCC1CCN(C2CCN(C)C2)C1. The normalized spacial score (nSPS) is 33.0. The zero-order valence-electron chi connectivity index (χ0n) is 11.1. The fourth-order valence-corrected chi connectivity index (χ4v) is 2.97. The molecule has 0 radical (unpaired) electrons. The van der Waals surface area contributed by atoms with Gasteiger partial charge in [-0.2, -0.15) is 0 Å². The molecule has 2 aliphatic heterocycles. The van der Waals surface area contributed by atoms with E-state index in [1.165, 1.54) is 45.6 Å². The van der Waals surface area contributed by atoms with Gasteiger partial charge in [0.2, 0.25) is 0 Å². The lowest BCUT2D eigenvalue weighted by molar-refractivity contribution is 0.233. The molecule has 3 heteroatoms. The molecule has 0 spiro atoms. The van der Waals surface area contributed by atoms with Crippen molar-refractivity contribution in [1.29, 1.82) is 0 Å². The lowest BCUT2D eigenvalue weighted by Crippen LogP contribution is -2.36. The maximum absolute atomic E-state index is 3.57. The molecule has 0 aromatic heterocycles. The van der Waals surface area contributed by atoms with Crippen molar-refractivity contribution < 1.29 is 0 Å². The van der Waals surface area contributed by atoms with E-state index in [0.717, 1.165) is 12.0 Å². The summed E-state index contributed by atoms with van der Waals surface area (Å²) in [6.07, 6.45) is 2.76. The molecule has 2 saturated heterocycles. The van der Waals surface area contributed by atoms with E-state index in [4.69, 9.17) is 0 Å². The van der Waals surface area contributed by atoms with E-state index in [-0.39, 0.29) is 0 Å². The summed E-state index contributed by atoms with van der Waals surface area (Å²) in [5.41, 5.74) is 0. The maximum atomic E-state index is 3.57. The highest BCUT2D eigenvalue weighted by atomic mass is 15.3. The molecule has 1 N–H and O–H groups in total. The predicted octanol–water partition coefficient (Wildman–Crippen LogP) is 1.01. The third-order valence-electron chi connectivity index (χ3n) is 4.01. The van der Waals surface area contributed by atoms with Gasteiger partial charge in [-0.15, -0.1) is 0 Å². The maximum Gasteiger partial charge on any atom is 0.0235 e. The zero-order chi connectivity index (χ0) is 11.5. The molecule has 0 aromatic rings. The summed E-state index contributed by atoms with van der Waals surface area (Å²) in [6, 6.07) is 1.47. The Labute approximate surface area is 100 Å². The second-order valence-corrected chi connectivity index (χ2v) is 5.92. The molecule has 0 aromatic carbocycles. The van der Waals surface area contributed by atoms with E-state index >= 15 is 0 Å². The Morgan fingerprint density at radius 1 is 1.19 bits per heavy atom. The first kappa shape index (κ1) is 12.3. The van der Waals surface area contributed by atoms with Crippen LogP contribution in [0.1, 0.15) is 26.7 Å². The molecule has 2 aliphatic rings. The van der Waals surface area contributed by atoms with Crippen molar-refractivity contribution in [1.82, 2.24) is 15.1 Å². The average Bonchev–Trinajstić information content (AvgIpc) is 2.83. The molecule has 0 amide bonds. The minimum atomic E-state index is 0.631.